The number of fused-ring (bicyclic) bond motifs is 1. The molecule has 0 aromatic rings. The van der Waals surface area contributed by atoms with Gasteiger partial charge in [-0.3, -0.25) is 10.3 Å². The summed E-state index contributed by atoms with van der Waals surface area (Å²) in [7, 11) is 0. The maximum absolute atomic E-state index is 10.5. The van der Waals surface area contributed by atoms with Crippen LogP contribution in [0.2, 0.25) is 0 Å². The van der Waals surface area contributed by atoms with Crippen molar-refractivity contribution in [2.45, 2.75) is 96.2 Å². The van der Waals surface area contributed by atoms with Crippen molar-refractivity contribution in [2.75, 3.05) is 6.61 Å². The van der Waals surface area contributed by atoms with Crippen molar-refractivity contribution in [3.05, 3.63) is 11.3 Å². The fourth-order valence-electron chi connectivity index (χ4n) is 4.45. The van der Waals surface area contributed by atoms with E-state index in [-0.39, 0.29) is 24.7 Å². The first-order chi connectivity index (χ1) is 13.0. The highest BCUT2D eigenvalue weighted by molar-refractivity contribution is 5.67. The van der Waals surface area contributed by atoms with E-state index >= 15 is 0 Å². The largest absolute Gasteiger partial charge is 0.479 e. The summed E-state index contributed by atoms with van der Waals surface area (Å²) in [6, 6.07) is 0. The first-order valence-corrected chi connectivity index (χ1v) is 10.7. The van der Waals surface area contributed by atoms with Gasteiger partial charge in [0.05, 0.1) is 12.2 Å². The Labute approximate surface area is 162 Å². The minimum atomic E-state index is -1.01. The fourth-order valence-corrected chi connectivity index (χ4v) is 4.45. The second-order valence-corrected chi connectivity index (χ2v) is 8.18. The van der Waals surface area contributed by atoms with Crippen LogP contribution in [0.5, 0.6) is 0 Å². The van der Waals surface area contributed by atoms with Crippen LogP contribution in [0.15, 0.2) is 11.3 Å². The zero-order chi connectivity index (χ0) is 19.6. The highest BCUT2D eigenvalue weighted by Crippen LogP contribution is 2.50. The molecule has 4 unspecified atom stereocenters. The SMILES string of the molecule is CCCCCCCCCC(O)CCC1C(O)CC2=C(NOCC(=O)O)CC21. The number of hydrogen-bond donors (Lipinski definition) is 4. The Morgan fingerprint density at radius 1 is 1.15 bits per heavy atom. The number of aliphatic carboxylic acids is 1. The van der Waals surface area contributed by atoms with Crippen molar-refractivity contribution in [1.82, 2.24) is 5.48 Å². The number of hydroxylamine groups is 1. The molecule has 0 spiro atoms. The molecule has 0 radical (unpaired) electrons. The molecule has 0 saturated heterocycles. The third-order valence-corrected chi connectivity index (χ3v) is 6.06. The minimum Gasteiger partial charge on any atom is -0.479 e. The average Bonchev–Trinajstić information content (AvgIpc) is 2.86. The molecule has 0 amide bonds. The number of aliphatic hydroxyl groups is 2. The minimum absolute atomic E-state index is 0.203. The number of aliphatic hydroxyl groups excluding tert-OH is 2. The van der Waals surface area contributed by atoms with E-state index < -0.39 is 5.97 Å². The molecule has 0 aromatic heterocycles. The number of carbonyl (C=O) groups is 1. The molecule has 4 N–H and O–H groups in total. The summed E-state index contributed by atoms with van der Waals surface area (Å²) < 4.78 is 0. The molecule has 0 heterocycles. The molecule has 27 heavy (non-hydrogen) atoms. The lowest BCUT2D eigenvalue weighted by atomic mass is 9.77. The molecule has 6 heteroatoms. The Kier molecular flexibility index (Phi) is 9.59. The van der Waals surface area contributed by atoms with E-state index in [2.05, 4.69) is 12.4 Å². The van der Waals surface area contributed by atoms with Gasteiger partial charge in [0.15, 0.2) is 6.61 Å². The number of carboxylic acid groups (broad SMARTS) is 1. The highest BCUT2D eigenvalue weighted by Gasteiger charge is 2.45. The Morgan fingerprint density at radius 2 is 1.85 bits per heavy atom. The number of carboxylic acids is 1. The van der Waals surface area contributed by atoms with Gasteiger partial charge in [-0.15, -0.1) is 0 Å². The first-order valence-electron chi connectivity index (χ1n) is 10.7. The Hall–Kier alpha value is -1.11. The van der Waals surface area contributed by atoms with Crippen molar-refractivity contribution >= 4 is 5.97 Å². The van der Waals surface area contributed by atoms with Crippen LogP contribution in [-0.2, 0) is 9.63 Å². The third kappa shape index (κ3) is 7.09. The van der Waals surface area contributed by atoms with Gasteiger partial charge in [-0.1, -0.05) is 51.9 Å². The van der Waals surface area contributed by atoms with Gasteiger partial charge in [-0.05, 0) is 49.5 Å². The molecule has 0 aromatic carbocycles. The van der Waals surface area contributed by atoms with Crippen LogP contribution in [0.1, 0.15) is 84.0 Å². The number of nitrogens with one attached hydrogen (secondary N) is 1. The molecule has 2 aliphatic carbocycles. The Balaban J connectivity index is 1.59. The molecule has 0 bridgehead atoms. The quantitative estimate of drug-likeness (QED) is 0.255. The van der Waals surface area contributed by atoms with Crippen molar-refractivity contribution in [3.63, 3.8) is 0 Å². The number of allylic oxidation sites excluding steroid dienone is 1. The number of rotatable bonds is 15. The molecule has 156 valence electrons. The molecule has 1 fully saturated rings. The summed E-state index contributed by atoms with van der Waals surface area (Å²) in [5, 5.41) is 29.2. The van der Waals surface area contributed by atoms with E-state index in [1.807, 2.05) is 0 Å². The molecule has 0 aliphatic heterocycles. The average molecular weight is 384 g/mol. The van der Waals surface area contributed by atoms with Crippen molar-refractivity contribution in [2.24, 2.45) is 11.8 Å². The molecule has 2 rings (SSSR count). The second kappa shape index (κ2) is 11.7. The van der Waals surface area contributed by atoms with E-state index in [9.17, 15) is 15.0 Å². The van der Waals surface area contributed by atoms with E-state index in [1.165, 1.54) is 44.1 Å². The smallest absolute Gasteiger partial charge is 0.332 e. The molecular formula is C21H37NO5. The Bertz CT molecular complexity index is 493. The zero-order valence-electron chi connectivity index (χ0n) is 16.7. The summed E-state index contributed by atoms with van der Waals surface area (Å²) in [6.07, 6.45) is 12.0. The molecule has 1 saturated carbocycles. The van der Waals surface area contributed by atoms with Crippen LogP contribution in [-0.4, -0.2) is 40.1 Å². The lowest BCUT2D eigenvalue weighted by Crippen LogP contribution is -2.31. The van der Waals surface area contributed by atoms with Crippen molar-refractivity contribution in [1.29, 1.82) is 0 Å². The normalized spacial score (nSPS) is 25.2. The van der Waals surface area contributed by atoms with Gasteiger partial charge in [-0.25, -0.2) is 4.79 Å². The Morgan fingerprint density at radius 3 is 2.56 bits per heavy atom. The molecule has 4 atom stereocenters. The van der Waals surface area contributed by atoms with Gasteiger partial charge >= 0.3 is 5.97 Å². The van der Waals surface area contributed by atoms with Gasteiger partial charge in [0.25, 0.3) is 0 Å². The standard InChI is InChI=1S/C21H37NO5/c1-2-3-4-5-6-7-8-9-15(23)10-11-16-17-12-19(18(17)13-20(16)24)22-27-14-21(25)26/h15-17,20,22-24H,2-14H2,1H3,(H,25,26). The van der Waals surface area contributed by atoms with E-state index in [1.54, 1.807) is 0 Å². The van der Waals surface area contributed by atoms with Gasteiger partial charge in [0.2, 0.25) is 0 Å². The monoisotopic (exact) mass is 383 g/mol. The van der Waals surface area contributed by atoms with Crippen molar-refractivity contribution in [3.8, 4) is 0 Å². The first kappa shape index (κ1) is 22.2. The van der Waals surface area contributed by atoms with Crippen LogP contribution < -0.4 is 5.48 Å². The summed E-state index contributed by atoms with van der Waals surface area (Å²) in [6.45, 7) is 1.85. The summed E-state index contributed by atoms with van der Waals surface area (Å²) in [5.74, 6) is -0.460. The van der Waals surface area contributed by atoms with Gasteiger partial charge in [-0.2, -0.15) is 0 Å². The fraction of sp³-hybridized carbons (Fsp3) is 0.857. The van der Waals surface area contributed by atoms with E-state index in [0.29, 0.717) is 12.3 Å². The van der Waals surface area contributed by atoms with Crippen LogP contribution in [0.25, 0.3) is 0 Å². The lowest BCUT2D eigenvalue weighted by molar-refractivity contribution is -0.144. The number of unbranched alkanes of at least 4 members (excludes halogenated alkanes) is 6. The zero-order valence-corrected chi connectivity index (χ0v) is 16.7. The summed E-state index contributed by atoms with van der Waals surface area (Å²) in [4.78, 5) is 15.4. The van der Waals surface area contributed by atoms with Crippen molar-refractivity contribution < 1.29 is 25.0 Å². The van der Waals surface area contributed by atoms with Crippen LogP contribution in [0.4, 0.5) is 0 Å². The van der Waals surface area contributed by atoms with Gasteiger partial charge < -0.3 is 15.3 Å². The third-order valence-electron chi connectivity index (χ3n) is 6.06. The van der Waals surface area contributed by atoms with Crippen LogP contribution >= 0.6 is 0 Å². The predicted octanol–water partition coefficient (Wildman–Crippen LogP) is 3.53. The van der Waals surface area contributed by atoms with Gasteiger partial charge in [0.1, 0.15) is 0 Å². The number of hydrogen-bond acceptors (Lipinski definition) is 5. The maximum Gasteiger partial charge on any atom is 0.332 e. The second-order valence-electron chi connectivity index (χ2n) is 8.18. The summed E-state index contributed by atoms with van der Waals surface area (Å²) in [5.41, 5.74) is 4.81. The highest BCUT2D eigenvalue weighted by atomic mass is 16.7. The van der Waals surface area contributed by atoms with E-state index in [0.717, 1.165) is 37.8 Å². The summed E-state index contributed by atoms with van der Waals surface area (Å²) >= 11 is 0. The molecule has 2 aliphatic rings. The van der Waals surface area contributed by atoms with E-state index in [4.69, 9.17) is 9.94 Å². The molecule has 6 nitrogen and oxygen atoms in total. The van der Waals surface area contributed by atoms with Crippen LogP contribution in [0, 0.1) is 11.8 Å². The maximum atomic E-state index is 10.5. The molecular weight excluding hydrogens is 346 g/mol. The predicted molar refractivity (Wildman–Crippen MR) is 104 cm³/mol. The van der Waals surface area contributed by atoms with Gasteiger partial charge in [0, 0.05) is 5.70 Å². The topological polar surface area (TPSA) is 99.0 Å². The lowest BCUT2D eigenvalue weighted by Gasteiger charge is -2.32. The van der Waals surface area contributed by atoms with Crippen LogP contribution in [0.3, 0.4) is 0 Å².